The van der Waals surface area contributed by atoms with Crippen LogP contribution in [0.15, 0.2) is 0 Å². The second-order valence-corrected chi connectivity index (χ2v) is 4.64. The number of ether oxygens (including phenoxy) is 1. The first-order valence-corrected chi connectivity index (χ1v) is 5.19. The zero-order valence-corrected chi connectivity index (χ0v) is 10.1. The van der Waals surface area contributed by atoms with Crippen molar-refractivity contribution in [3.05, 3.63) is 0 Å². The van der Waals surface area contributed by atoms with Crippen molar-refractivity contribution >= 4 is 6.09 Å². The van der Waals surface area contributed by atoms with Crippen LogP contribution in [0.2, 0.25) is 0 Å². The molecule has 0 radical (unpaired) electrons. The lowest BCUT2D eigenvalue weighted by Gasteiger charge is -2.22. The number of nitrogens with one attached hydrogen (secondary N) is 1. The predicted octanol–water partition coefficient (Wildman–Crippen LogP) is 2.45. The lowest BCUT2D eigenvalue weighted by Crippen LogP contribution is -2.41. The van der Waals surface area contributed by atoms with Crippen LogP contribution in [0.1, 0.15) is 41.0 Å². The summed E-state index contributed by atoms with van der Waals surface area (Å²) in [5, 5.41) is 11.4. The molecule has 0 fully saturated rings. The van der Waals surface area contributed by atoms with Gasteiger partial charge in [0.05, 0.1) is 6.07 Å². The van der Waals surface area contributed by atoms with E-state index >= 15 is 0 Å². The van der Waals surface area contributed by atoms with E-state index in [0.717, 1.165) is 6.42 Å². The van der Waals surface area contributed by atoms with Gasteiger partial charge in [0, 0.05) is 0 Å². The van der Waals surface area contributed by atoms with Gasteiger partial charge in [-0.05, 0) is 26.7 Å². The number of rotatable bonds is 3. The quantitative estimate of drug-likeness (QED) is 0.781. The van der Waals surface area contributed by atoms with Crippen LogP contribution in [0.5, 0.6) is 0 Å². The number of nitriles is 1. The fourth-order valence-corrected chi connectivity index (χ4v) is 0.972. The fourth-order valence-electron chi connectivity index (χ4n) is 0.972. The average molecular weight is 212 g/mol. The molecule has 0 aromatic heterocycles. The lowest BCUT2D eigenvalue weighted by atomic mass is 10.0. The van der Waals surface area contributed by atoms with Crippen LogP contribution >= 0.6 is 0 Å². The van der Waals surface area contributed by atoms with Gasteiger partial charge in [0.25, 0.3) is 0 Å². The molecule has 86 valence electrons. The minimum absolute atomic E-state index is 0.127. The second kappa shape index (κ2) is 5.59. The molecule has 2 unspecified atom stereocenters. The van der Waals surface area contributed by atoms with Gasteiger partial charge in [-0.1, -0.05) is 20.3 Å². The van der Waals surface area contributed by atoms with Crippen molar-refractivity contribution in [1.29, 1.82) is 5.26 Å². The summed E-state index contributed by atoms with van der Waals surface area (Å²) in [5.41, 5.74) is -0.528. The summed E-state index contributed by atoms with van der Waals surface area (Å²) in [4.78, 5) is 11.4. The maximum atomic E-state index is 11.4. The second-order valence-electron chi connectivity index (χ2n) is 4.64. The molecule has 1 N–H and O–H groups in total. The minimum Gasteiger partial charge on any atom is -0.444 e. The van der Waals surface area contributed by atoms with E-state index in [1.807, 2.05) is 13.8 Å². The Bertz CT molecular complexity index is 250. The molecule has 0 aromatic rings. The Morgan fingerprint density at radius 3 is 2.40 bits per heavy atom. The lowest BCUT2D eigenvalue weighted by molar-refractivity contribution is 0.0503. The number of carbonyl (C=O) groups excluding carboxylic acids is 1. The van der Waals surface area contributed by atoms with Crippen molar-refractivity contribution in [3.63, 3.8) is 0 Å². The summed E-state index contributed by atoms with van der Waals surface area (Å²) in [6, 6.07) is 1.58. The van der Waals surface area contributed by atoms with Crippen molar-refractivity contribution in [2.24, 2.45) is 5.92 Å². The number of amides is 1. The average Bonchev–Trinajstić information content (AvgIpc) is 2.10. The smallest absolute Gasteiger partial charge is 0.408 e. The molecule has 0 saturated carbocycles. The summed E-state index contributed by atoms with van der Waals surface area (Å²) < 4.78 is 5.06. The topological polar surface area (TPSA) is 62.1 Å². The summed E-state index contributed by atoms with van der Waals surface area (Å²) in [7, 11) is 0. The van der Waals surface area contributed by atoms with E-state index in [2.05, 4.69) is 11.4 Å². The molecule has 0 aliphatic carbocycles. The molecule has 0 spiro atoms. The highest BCUT2D eigenvalue weighted by atomic mass is 16.6. The predicted molar refractivity (Wildman–Crippen MR) is 58.2 cm³/mol. The van der Waals surface area contributed by atoms with Crippen molar-refractivity contribution in [2.75, 3.05) is 0 Å². The summed E-state index contributed by atoms with van der Waals surface area (Å²) >= 11 is 0. The van der Waals surface area contributed by atoms with Gasteiger partial charge < -0.3 is 10.1 Å². The molecule has 15 heavy (non-hydrogen) atoms. The molecular formula is C11H20N2O2. The van der Waals surface area contributed by atoms with E-state index in [1.165, 1.54) is 0 Å². The van der Waals surface area contributed by atoms with Gasteiger partial charge in [-0.2, -0.15) is 5.26 Å². The zero-order valence-electron chi connectivity index (χ0n) is 10.1. The Hall–Kier alpha value is -1.24. The molecule has 0 aliphatic heterocycles. The summed E-state index contributed by atoms with van der Waals surface area (Å²) in [5.74, 6) is 0.127. The number of alkyl carbamates (subject to hydrolysis) is 1. The normalized spacial score (nSPS) is 14.9. The van der Waals surface area contributed by atoms with Crippen LogP contribution in [0.4, 0.5) is 4.79 Å². The molecule has 1 amide bonds. The molecule has 0 aromatic carbocycles. The molecule has 2 atom stereocenters. The molecule has 4 heteroatoms. The first-order valence-electron chi connectivity index (χ1n) is 5.19. The number of hydrogen-bond donors (Lipinski definition) is 1. The fraction of sp³-hybridized carbons (Fsp3) is 0.818. The molecule has 0 saturated heterocycles. The van der Waals surface area contributed by atoms with E-state index in [-0.39, 0.29) is 5.92 Å². The number of nitrogens with zero attached hydrogens (tertiary/aromatic N) is 1. The van der Waals surface area contributed by atoms with Gasteiger partial charge in [-0.3, -0.25) is 0 Å². The van der Waals surface area contributed by atoms with Gasteiger partial charge in [-0.15, -0.1) is 0 Å². The van der Waals surface area contributed by atoms with Crippen molar-refractivity contribution in [1.82, 2.24) is 5.32 Å². The van der Waals surface area contributed by atoms with Gasteiger partial charge in [-0.25, -0.2) is 4.79 Å². The standard InChI is InChI=1S/C11H20N2O2/c1-6-8(2)9(7-12)13-10(14)15-11(3,4)5/h8-9H,6H2,1-5H3,(H,13,14). The van der Waals surface area contributed by atoms with E-state index in [1.54, 1.807) is 20.8 Å². The maximum absolute atomic E-state index is 11.4. The molecule has 0 aliphatic rings. The van der Waals surface area contributed by atoms with Crippen molar-refractivity contribution < 1.29 is 9.53 Å². The van der Waals surface area contributed by atoms with E-state index in [0.29, 0.717) is 0 Å². The van der Waals surface area contributed by atoms with Crippen molar-refractivity contribution in [2.45, 2.75) is 52.7 Å². The SMILES string of the molecule is CCC(C)C(C#N)NC(=O)OC(C)(C)C. The Balaban J connectivity index is 4.21. The van der Waals surface area contributed by atoms with Gasteiger partial charge in [0.1, 0.15) is 11.6 Å². The third-order valence-corrected chi connectivity index (χ3v) is 2.02. The largest absolute Gasteiger partial charge is 0.444 e. The summed E-state index contributed by atoms with van der Waals surface area (Å²) in [6.45, 7) is 9.27. The van der Waals surface area contributed by atoms with Crippen LogP contribution in [0, 0.1) is 17.2 Å². The van der Waals surface area contributed by atoms with Gasteiger partial charge in [0.2, 0.25) is 0 Å². The Morgan fingerprint density at radius 1 is 1.53 bits per heavy atom. The third-order valence-electron chi connectivity index (χ3n) is 2.02. The Kier molecular flexibility index (Phi) is 5.13. The number of carbonyl (C=O) groups is 1. The van der Waals surface area contributed by atoms with Crippen molar-refractivity contribution in [3.8, 4) is 6.07 Å². The highest BCUT2D eigenvalue weighted by Crippen LogP contribution is 2.10. The summed E-state index contributed by atoms with van der Waals surface area (Å²) in [6.07, 6.45) is 0.308. The molecule has 0 bridgehead atoms. The molecule has 0 heterocycles. The minimum atomic E-state index is -0.533. The highest BCUT2D eigenvalue weighted by Gasteiger charge is 2.21. The van der Waals surface area contributed by atoms with Gasteiger partial charge >= 0.3 is 6.09 Å². The van der Waals surface area contributed by atoms with Crippen LogP contribution in [-0.2, 0) is 4.74 Å². The van der Waals surface area contributed by atoms with E-state index in [9.17, 15) is 4.79 Å². The van der Waals surface area contributed by atoms with Gasteiger partial charge in [0.15, 0.2) is 0 Å². The van der Waals surface area contributed by atoms with E-state index in [4.69, 9.17) is 10.00 Å². The molecule has 4 nitrogen and oxygen atoms in total. The molecule has 0 rings (SSSR count). The monoisotopic (exact) mass is 212 g/mol. The Labute approximate surface area is 91.6 Å². The van der Waals surface area contributed by atoms with Crippen LogP contribution in [-0.4, -0.2) is 17.7 Å². The van der Waals surface area contributed by atoms with Crippen LogP contribution in [0.3, 0.4) is 0 Å². The third kappa shape index (κ3) is 5.95. The van der Waals surface area contributed by atoms with Crippen LogP contribution < -0.4 is 5.32 Å². The Morgan fingerprint density at radius 2 is 2.07 bits per heavy atom. The first-order chi connectivity index (χ1) is 6.80. The van der Waals surface area contributed by atoms with Crippen LogP contribution in [0.25, 0.3) is 0 Å². The van der Waals surface area contributed by atoms with E-state index < -0.39 is 17.7 Å². The highest BCUT2D eigenvalue weighted by molar-refractivity contribution is 5.68. The molecular weight excluding hydrogens is 192 g/mol. The maximum Gasteiger partial charge on any atom is 0.408 e. The number of hydrogen-bond acceptors (Lipinski definition) is 3. The first kappa shape index (κ1) is 13.8. The zero-order chi connectivity index (χ0) is 12.1.